The van der Waals surface area contributed by atoms with Crippen molar-refractivity contribution in [1.29, 1.82) is 0 Å². The molecule has 0 unspecified atom stereocenters. The first kappa shape index (κ1) is 14.3. The summed E-state index contributed by atoms with van der Waals surface area (Å²) in [6, 6.07) is 0. The van der Waals surface area contributed by atoms with Crippen molar-refractivity contribution < 1.29 is 19.0 Å². The van der Waals surface area contributed by atoms with Gasteiger partial charge in [-0.05, 0) is 18.8 Å². The zero-order chi connectivity index (χ0) is 14.0. The van der Waals surface area contributed by atoms with E-state index in [1.54, 1.807) is 0 Å². The average Bonchev–Trinajstić information content (AvgIpc) is 3.07. The van der Waals surface area contributed by atoms with Gasteiger partial charge in [0.15, 0.2) is 5.79 Å². The molecule has 1 spiro atoms. The van der Waals surface area contributed by atoms with Gasteiger partial charge in [0.1, 0.15) is 6.61 Å². The molecule has 0 radical (unpaired) electrons. The number of nitrogens with zero attached hydrogens (tertiary/aromatic N) is 1. The van der Waals surface area contributed by atoms with E-state index in [-0.39, 0.29) is 18.6 Å². The monoisotopic (exact) mass is 283 g/mol. The van der Waals surface area contributed by atoms with Crippen molar-refractivity contribution in [3.63, 3.8) is 0 Å². The van der Waals surface area contributed by atoms with Crippen LogP contribution in [0.15, 0.2) is 0 Å². The van der Waals surface area contributed by atoms with Gasteiger partial charge in [0, 0.05) is 13.0 Å². The lowest BCUT2D eigenvalue weighted by Crippen LogP contribution is -2.39. The second kappa shape index (κ2) is 6.00. The molecule has 0 aromatic heterocycles. The number of rotatable bonds is 3. The summed E-state index contributed by atoms with van der Waals surface area (Å²) in [5, 5.41) is 0. The van der Waals surface area contributed by atoms with Crippen LogP contribution in [-0.2, 0) is 19.0 Å². The van der Waals surface area contributed by atoms with Crippen LogP contribution in [0.25, 0.3) is 0 Å². The lowest BCUT2D eigenvalue weighted by atomic mass is 9.89. The largest absolute Gasteiger partial charge is 0.368 e. The van der Waals surface area contributed by atoms with Gasteiger partial charge in [-0.3, -0.25) is 4.79 Å². The Morgan fingerprint density at radius 2 is 2.15 bits per heavy atom. The molecule has 3 fully saturated rings. The number of hydrogen-bond acceptors (Lipinski definition) is 4. The van der Waals surface area contributed by atoms with Crippen LogP contribution in [-0.4, -0.2) is 55.6 Å². The number of ether oxygens (including phenoxy) is 3. The number of carbonyl (C=O) groups is 1. The van der Waals surface area contributed by atoms with Gasteiger partial charge in [0.25, 0.3) is 0 Å². The average molecular weight is 283 g/mol. The number of amides is 1. The molecule has 3 aliphatic rings. The third-order valence-electron chi connectivity index (χ3n) is 4.69. The van der Waals surface area contributed by atoms with Crippen molar-refractivity contribution in [1.82, 2.24) is 4.90 Å². The molecule has 0 aromatic rings. The summed E-state index contributed by atoms with van der Waals surface area (Å²) in [6.07, 6.45) is 5.72. The van der Waals surface area contributed by atoms with Gasteiger partial charge in [0.2, 0.25) is 5.91 Å². The third kappa shape index (κ3) is 3.15. The lowest BCUT2D eigenvalue weighted by molar-refractivity contribution is -0.155. The second-order valence-electron chi connectivity index (χ2n) is 6.38. The second-order valence-corrected chi connectivity index (χ2v) is 6.38. The number of hydrogen-bond donors (Lipinski definition) is 0. The molecule has 0 N–H and O–H groups in total. The Kier molecular flexibility index (Phi) is 4.29. The van der Waals surface area contributed by atoms with Gasteiger partial charge in [-0.2, -0.15) is 0 Å². The minimum Gasteiger partial charge on any atom is -0.368 e. The normalized spacial score (nSPS) is 33.0. The van der Waals surface area contributed by atoms with Crippen molar-refractivity contribution in [2.45, 2.75) is 50.9 Å². The first-order valence-electron chi connectivity index (χ1n) is 7.84. The Balaban J connectivity index is 1.43. The SMILES string of the molecule is C[C@H]1CCC[C@@H](OCC(=O)N2CCC3(C2)OCCO3)C1. The van der Waals surface area contributed by atoms with Crippen molar-refractivity contribution >= 4 is 5.91 Å². The fourth-order valence-corrected chi connectivity index (χ4v) is 3.51. The highest BCUT2D eigenvalue weighted by molar-refractivity contribution is 5.77. The maximum atomic E-state index is 12.2. The van der Waals surface area contributed by atoms with Crippen LogP contribution in [0, 0.1) is 5.92 Å². The summed E-state index contributed by atoms with van der Waals surface area (Å²) in [4.78, 5) is 14.0. The van der Waals surface area contributed by atoms with E-state index in [9.17, 15) is 4.79 Å². The van der Waals surface area contributed by atoms with Crippen LogP contribution in [0.4, 0.5) is 0 Å². The predicted octanol–water partition coefficient (Wildman–Crippen LogP) is 1.56. The molecule has 1 aliphatic carbocycles. The third-order valence-corrected chi connectivity index (χ3v) is 4.69. The smallest absolute Gasteiger partial charge is 0.248 e. The first-order valence-corrected chi connectivity index (χ1v) is 7.84. The molecule has 1 saturated carbocycles. The lowest BCUT2D eigenvalue weighted by Gasteiger charge is -2.27. The number of carbonyl (C=O) groups excluding carboxylic acids is 1. The fraction of sp³-hybridized carbons (Fsp3) is 0.933. The summed E-state index contributed by atoms with van der Waals surface area (Å²) < 4.78 is 17.1. The Labute approximate surface area is 120 Å². The van der Waals surface area contributed by atoms with E-state index in [1.807, 2.05) is 4.90 Å². The van der Waals surface area contributed by atoms with E-state index in [0.29, 0.717) is 26.3 Å². The summed E-state index contributed by atoms with van der Waals surface area (Å²) in [5.41, 5.74) is 0. The van der Waals surface area contributed by atoms with Gasteiger partial charge in [0.05, 0.1) is 25.9 Å². The topological polar surface area (TPSA) is 48.0 Å². The van der Waals surface area contributed by atoms with E-state index in [2.05, 4.69) is 6.92 Å². The van der Waals surface area contributed by atoms with E-state index in [0.717, 1.165) is 25.2 Å². The van der Waals surface area contributed by atoms with Gasteiger partial charge in [-0.15, -0.1) is 0 Å². The summed E-state index contributed by atoms with van der Waals surface area (Å²) in [5.74, 6) is 0.271. The van der Waals surface area contributed by atoms with Crippen molar-refractivity contribution in [2.75, 3.05) is 32.9 Å². The Bertz CT molecular complexity index is 354. The fourth-order valence-electron chi connectivity index (χ4n) is 3.51. The molecule has 0 aromatic carbocycles. The quantitative estimate of drug-likeness (QED) is 0.788. The molecule has 5 heteroatoms. The molecule has 20 heavy (non-hydrogen) atoms. The number of likely N-dealkylation sites (tertiary alicyclic amines) is 1. The summed E-state index contributed by atoms with van der Waals surface area (Å²) >= 11 is 0. The first-order chi connectivity index (χ1) is 9.67. The zero-order valence-corrected chi connectivity index (χ0v) is 12.3. The highest BCUT2D eigenvalue weighted by Gasteiger charge is 2.44. The van der Waals surface area contributed by atoms with Crippen molar-refractivity contribution in [3.8, 4) is 0 Å². The van der Waals surface area contributed by atoms with Gasteiger partial charge >= 0.3 is 0 Å². The Morgan fingerprint density at radius 3 is 2.90 bits per heavy atom. The molecular weight excluding hydrogens is 258 g/mol. The predicted molar refractivity (Wildman–Crippen MR) is 73.2 cm³/mol. The summed E-state index contributed by atoms with van der Waals surface area (Å²) in [6.45, 7) is 5.00. The maximum absolute atomic E-state index is 12.2. The molecule has 5 nitrogen and oxygen atoms in total. The van der Waals surface area contributed by atoms with Crippen molar-refractivity contribution in [2.24, 2.45) is 5.92 Å². The zero-order valence-electron chi connectivity index (χ0n) is 12.3. The Morgan fingerprint density at radius 1 is 1.35 bits per heavy atom. The highest BCUT2D eigenvalue weighted by Crippen LogP contribution is 2.30. The van der Waals surface area contributed by atoms with E-state index in [4.69, 9.17) is 14.2 Å². The van der Waals surface area contributed by atoms with Crippen LogP contribution in [0.3, 0.4) is 0 Å². The molecule has 114 valence electrons. The van der Waals surface area contributed by atoms with Gasteiger partial charge in [-0.1, -0.05) is 19.8 Å². The Hall–Kier alpha value is -0.650. The van der Waals surface area contributed by atoms with Crippen LogP contribution in [0.5, 0.6) is 0 Å². The van der Waals surface area contributed by atoms with E-state index >= 15 is 0 Å². The van der Waals surface area contributed by atoms with Crippen LogP contribution >= 0.6 is 0 Å². The molecule has 2 saturated heterocycles. The van der Waals surface area contributed by atoms with Gasteiger partial charge in [-0.25, -0.2) is 0 Å². The molecular formula is C15H25NO4. The van der Waals surface area contributed by atoms with E-state index < -0.39 is 5.79 Å². The molecule has 0 bridgehead atoms. The molecule has 3 rings (SSSR count). The van der Waals surface area contributed by atoms with Crippen molar-refractivity contribution in [3.05, 3.63) is 0 Å². The summed E-state index contributed by atoms with van der Waals surface area (Å²) in [7, 11) is 0. The molecule has 2 heterocycles. The minimum atomic E-state index is -0.519. The maximum Gasteiger partial charge on any atom is 0.248 e. The van der Waals surface area contributed by atoms with Gasteiger partial charge < -0.3 is 19.1 Å². The molecule has 2 atom stereocenters. The minimum absolute atomic E-state index is 0.0687. The van der Waals surface area contributed by atoms with Crippen LogP contribution in [0.1, 0.15) is 39.0 Å². The van der Waals surface area contributed by atoms with E-state index in [1.165, 1.54) is 12.8 Å². The highest BCUT2D eigenvalue weighted by atomic mass is 16.7. The van der Waals surface area contributed by atoms with Crippen LogP contribution < -0.4 is 0 Å². The standard InChI is InChI=1S/C15H25NO4/c1-12-3-2-4-13(9-12)18-10-14(17)16-6-5-15(11-16)19-7-8-20-15/h12-13H,2-11H2,1H3/t12-,13+/m0/s1. The molecule has 2 aliphatic heterocycles. The molecule has 1 amide bonds. The van der Waals surface area contributed by atoms with Crippen LogP contribution in [0.2, 0.25) is 0 Å².